The van der Waals surface area contributed by atoms with Gasteiger partial charge >= 0.3 is 0 Å². The van der Waals surface area contributed by atoms with Crippen molar-refractivity contribution in [3.05, 3.63) is 24.2 Å². The zero-order chi connectivity index (χ0) is 10.9. The number of unbranched alkanes of at least 4 members (excludes halogenated alkanes) is 3. The highest BCUT2D eigenvalue weighted by Gasteiger charge is 2.03. The van der Waals surface area contributed by atoms with Gasteiger partial charge in [0.1, 0.15) is 12.4 Å². The molecule has 0 saturated carbocycles. The average Bonchev–Trinajstić information content (AvgIpc) is 2.74. The molecular formula is C13H22O2. The Hall–Kier alpha value is -0.760. The summed E-state index contributed by atoms with van der Waals surface area (Å²) >= 11 is 0. The van der Waals surface area contributed by atoms with E-state index in [4.69, 9.17) is 9.15 Å². The van der Waals surface area contributed by atoms with Crippen LogP contribution in [0.4, 0.5) is 0 Å². The van der Waals surface area contributed by atoms with Crippen molar-refractivity contribution in [1.29, 1.82) is 0 Å². The van der Waals surface area contributed by atoms with E-state index in [-0.39, 0.29) is 0 Å². The van der Waals surface area contributed by atoms with Crippen LogP contribution in [0.5, 0.6) is 0 Å². The quantitative estimate of drug-likeness (QED) is 0.601. The van der Waals surface area contributed by atoms with Crippen LogP contribution in [0.25, 0.3) is 0 Å². The van der Waals surface area contributed by atoms with Crippen molar-refractivity contribution >= 4 is 0 Å². The van der Waals surface area contributed by atoms with E-state index in [9.17, 15) is 0 Å². The molecule has 0 bridgehead atoms. The molecule has 2 heteroatoms. The van der Waals surface area contributed by atoms with Gasteiger partial charge in [0.25, 0.3) is 0 Å². The van der Waals surface area contributed by atoms with Gasteiger partial charge in [-0.05, 0) is 25.5 Å². The van der Waals surface area contributed by atoms with Gasteiger partial charge in [0.2, 0.25) is 0 Å². The Labute approximate surface area is 92.6 Å². The van der Waals surface area contributed by atoms with Crippen LogP contribution < -0.4 is 0 Å². The van der Waals surface area contributed by atoms with Crippen molar-refractivity contribution in [3.63, 3.8) is 0 Å². The molecule has 0 saturated heterocycles. The van der Waals surface area contributed by atoms with Gasteiger partial charge in [0, 0.05) is 0 Å². The van der Waals surface area contributed by atoms with Gasteiger partial charge in [-0.3, -0.25) is 0 Å². The van der Waals surface area contributed by atoms with Crippen molar-refractivity contribution in [3.8, 4) is 0 Å². The van der Waals surface area contributed by atoms with Crippen LogP contribution >= 0.6 is 0 Å². The van der Waals surface area contributed by atoms with E-state index in [1.807, 2.05) is 12.1 Å². The van der Waals surface area contributed by atoms with E-state index in [0.29, 0.717) is 12.7 Å². The molecule has 1 rings (SSSR count). The largest absolute Gasteiger partial charge is 0.467 e. The Morgan fingerprint density at radius 1 is 1.33 bits per heavy atom. The molecule has 0 radical (unpaired) electrons. The van der Waals surface area contributed by atoms with E-state index in [1.54, 1.807) is 6.26 Å². The predicted octanol–water partition coefficient (Wildman–Crippen LogP) is 4.16. The number of hydrogen-bond acceptors (Lipinski definition) is 2. The van der Waals surface area contributed by atoms with Gasteiger partial charge in [-0.1, -0.05) is 32.6 Å². The van der Waals surface area contributed by atoms with Crippen LogP contribution in [0.2, 0.25) is 0 Å². The average molecular weight is 210 g/mol. The molecule has 1 unspecified atom stereocenters. The summed E-state index contributed by atoms with van der Waals surface area (Å²) in [6.07, 6.45) is 8.41. The van der Waals surface area contributed by atoms with Crippen LogP contribution in [0, 0.1) is 0 Å². The summed E-state index contributed by atoms with van der Waals surface area (Å²) in [5.41, 5.74) is 0. The summed E-state index contributed by atoms with van der Waals surface area (Å²) in [7, 11) is 0. The van der Waals surface area contributed by atoms with Crippen molar-refractivity contribution in [2.45, 2.75) is 58.7 Å². The second-order valence-corrected chi connectivity index (χ2v) is 4.05. The molecular weight excluding hydrogens is 188 g/mol. The fraction of sp³-hybridized carbons (Fsp3) is 0.692. The molecule has 0 N–H and O–H groups in total. The van der Waals surface area contributed by atoms with Crippen LogP contribution in [-0.2, 0) is 11.3 Å². The molecule has 2 nitrogen and oxygen atoms in total. The standard InChI is InChI=1S/C13H22O2/c1-3-4-5-6-8-12(2)15-11-13-9-7-10-14-13/h7,9-10,12H,3-6,8,11H2,1-2H3. The first-order valence-corrected chi connectivity index (χ1v) is 5.97. The maximum atomic E-state index is 5.67. The lowest BCUT2D eigenvalue weighted by Crippen LogP contribution is -2.07. The Bertz CT molecular complexity index is 229. The normalized spacial score (nSPS) is 12.9. The van der Waals surface area contributed by atoms with E-state index < -0.39 is 0 Å². The fourth-order valence-electron chi connectivity index (χ4n) is 1.56. The maximum absolute atomic E-state index is 5.67. The molecule has 1 atom stereocenters. The lowest BCUT2D eigenvalue weighted by molar-refractivity contribution is 0.0360. The van der Waals surface area contributed by atoms with Crippen LogP contribution in [0.1, 0.15) is 51.7 Å². The minimum Gasteiger partial charge on any atom is -0.467 e. The van der Waals surface area contributed by atoms with Crippen molar-refractivity contribution in [2.24, 2.45) is 0 Å². The fourth-order valence-corrected chi connectivity index (χ4v) is 1.56. The van der Waals surface area contributed by atoms with Crippen LogP contribution in [-0.4, -0.2) is 6.10 Å². The molecule has 15 heavy (non-hydrogen) atoms. The Balaban J connectivity index is 2.01. The predicted molar refractivity (Wildman–Crippen MR) is 61.7 cm³/mol. The molecule has 0 aliphatic heterocycles. The highest BCUT2D eigenvalue weighted by Crippen LogP contribution is 2.10. The Morgan fingerprint density at radius 2 is 2.20 bits per heavy atom. The number of ether oxygens (including phenoxy) is 1. The third-order valence-electron chi connectivity index (χ3n) is 2.55. The summed E-state index contributed by atoms with van der Waals surface area (Å²) in [4.78, 5) is 0. The third-order valence-corrected chi connectivity index (χ3v) is 2.55. The summed E-state index contributed by atoms with van der Waals surface area (Å²) in [6, 6.07) is 3.84. The van der Waals surface area contributed by atoms with E-state index in [1.165, 1.54) is 25.7 Å². The van der Waals surface area contributed by atoms with Crippen molar-refractivity contribution in [1.82, 2.24) is 0 Å². The summed E-state index contributed by atoms with van der Waals surface area (Å²) < 4.78 is 10.9. The molecule has 0 aliphatic rings. The van der Waals surface area contributed by atoms with E-state index >= 15 is 0 Å². The Kier molecular flexibility index (Phi) is 6.17. The minimum absolute atomic E-state index is 0.340. The van der Waals surface area contributed by atoms with Crippen LogP contribution in [0.3, 0.4) is 0 Å². The summed E-state index contributed by atoms with van der Waals surface area (Å²) in [5.74, 6) is 0.912. The number of rotatable bonds is 8. The SMILES string of the molecule is CCCCCCC(C)OCc1ccco1. The molecule has 0 aromatic carbocycles. The zero-order valence-corrected chi connectivity index (χ0v) is 9.87. The van der Waals surface area contributed by atoms with Gasteiger partial charge in [-0.15, -0.1) is 0 Å². The second-order valence-electron chi connectivity index (χ2n) is 4.05. The summed E-state index contributed by atoms with van der Waals surface area (Å²) in [6.45, 7) is 4.97. The lowest BCUT2D eigenvalue weighted by atomic mass is 10.1. The van der Waals surface area contributed by atoms with Crippen LogP contribution in [0.15, 0.2) is 22.8 Å². The highest BCUT2D eigenvalue weighted by atomic mass is 16.5. The number of hydrogen-bond donors (Lipinski definition) is 0. The van der Waals surface area contributed by atoms with Gasteiger partial charge in [0.15, 0.2) is 0 Å². The van der Waals surface area contributed by atoms with Crippen molar-refractivity contribution in [2.75, 3.05) is 0 Å². The summed E-state index contributed by atoms with van der Waals surface area (Å²) in [5, 5.41) is 0. The molecule has 1 heterocycles. The van der Waals surface area contributed by atoms with Gasteiger partial charge in [0.05, 0.1) is 12.4 Å². The molecule has 1 aromatic heterocycles. The topological polar surface area (TPSA) is 22.4 Å². The number of furan rings is 1. The monoisotopic (exact) mass is 210 g/mol. The third kappa shape index (κ3) is 5.63. The van der Waals surface area contributed by atoms with E-state index in [0.717, 1.165) is 12.2 Å². The first-order chi connectivity index (χ1) is 7.33. The van der Waals surface area contributed by atoms with E-state index in [2.05, 4.69) is 13.8 Å². The van der Waals surface area contributed by atoms with Crippen molar-refractivity contribution < 1.29 is 9.15 Å². The molecule has 0 aliphatic carbocycles. The molecule has 0 fully saturated rings. The highest BCUT2D eigenvalue weighted by molar-refractivity contribution is 4.96. The minimum atomic E-state index is 0.340. The van der Waals surface area contributed by atoms with Gasteiger partial charge < -0.3 is 9.15 Å². The Morgan fingerprint density at radius 3 is 2.87 bits per heavy atom. The molecule has 86 valence electrons. The smallest absolute Gasteiger partial charge is 0.129 e. The first-order valence-electron chi connectivity index (χ1n) is 5.97. The zero-order valence-electron chi connectivity index (χ0n) is 9.87. The lowest BCUT2D eigenvalue weighted by Gasteiger charge is -2.11. The first kappa shape index (κ1) is 12.3. The second kappa shape index (κ2) is 7.52. The van der Waals surface area contributed by atoms with Gasteiger partial charge in [-0.25, -0.2) is 0 Å². The van der Waals surface area contributed by atoms with Gasteiger partial charge in [-0.2, -0.15) is 0 Å². The molecule has 0 spiro atoms. The maximum Gasteiger partial charge on any atom is 0.129 e. The molecule has 1 aromatic rings. The molecule has 0 amide bonds.